The maximum Gasteiger partial charge on any atom is 0.337 e. The Morgan fingerprint density at radius 3 is 2.35 bits per heavy atom. The summed E-state index contributed by atoms with van der Waals surface area (Å²) in [5.74, 6) is -1.38. The molecule has 1 saturated heterocycles. The van der Waals surface area contributed by atoms with Crippen molar-refractivity contribution in [2.45, 2.75) is 26.8 Å². The number of nitrogens with one attached hydrogen (secondary N) is 2. The number of anilines is 2. The fourth-order valence-electron chi connectivity index (χ4n) is 2.94. The van der Waals surface area contributed by atoms with Crippen molar-refractivity contribution in [1.29, 1.82) is 0 Å². The monoisotopic (exact) mass is 362 g/mol. The minimum Gasteiger partial charge on any atom is -0.478 e. The van der Waals surface area contributed by atoms with Crippen LogP contribution >= 0.6 is 0 Å². The minimum absolute atomic E-state index is 0.0151. The standard InChI is InChI=1S/C18H26N4O4/c1-12(2)19-17(24)11-21-6-8-22(9-7-21)14-4-5-16(20-13(3)23)15(10-14)18(25)26/h4-5,10,12H,6-9,11H2,1-3H3,(H,19,24)(H,20,23)(H,25,26). The number of hydrogen-bond acceptors (Lipinski definition) is 5. The van der Waals surface area contributed by atoms with Gasteiger partial charge in [0.1, 0.15) is 0 Å². The van der Waals surface area contributed by atoms with Crippen LogP contribution in [0.15, 0.2) is 18.2 Å². The molecule has 1 aromatic rings. The Morgan fingerprint density at radius 1 is 1.15 bits per heavy atom. The van der Waals surface area contributed by atoms with E-state index in [1.165, 1.54) is 6.92 Å². The summed E-state index contributed by atoms with van der Waals surface area (Å²) in [6.45, 7) is 8.42. The number of amides is 2. The number of nitrogens with zero attached hydrogens (tertiary/aromatic N) is 2. The number of carbonyl (C=O) groups excluding carboxylic acids is 2. The molecule has 3 N–H and O–H groups in total. The van der Waals surface area contributed by atoms with Crippen LogP contribution in [0.5, 0.6) is 0 Å². The van der Waals surface area contributed by atoms with E-state index in [-0.39, 0.29) is 29.1 Å². The molecule has 0 saturated carbocycles. The summed E-state index contributed by atoms with van der Waals surface area (Å²) in [7, 11) is 0. The van der Waals surface area contributed by atoms with E-state index < -0.39 is 5.97 Å². The maximum absolute atomic E-state index is 11.9. The predicted octanol–water partition coefficient (Wildman–Crippen LogP) is 0.990. The lowest BCUT2D eigenvalue weighted by Gasteiger charge is -2.36. The van der Waals surface area contributed by atoms with Crippen molar-refractivity contribution < 1.29 is 19.5 Å². The summed E-state index contributed by atoms with van der Waals surface area (Å²) in [5.41, 5.74) is 1.15. The zero-order valence-corrected chi connectivity index (χ0v) is 15.4. The first-order valence-electron chi connectivity index (χ1n) is 8.68. The molecule has 1 heterocycles. The normalized spacial score (nSPS) is 15.0. The van der Waals surface area contributed by atoms with Gasteiger partial charge >= 0.3 is 5.97 Å². The Balaban J connectivity index is 2.00. The third kappa shape index (κ3) is 5.45. The number of carboxylic acid groups (broad SMARTS) is 1. The van der Waals surface area contributed by atoms with Crippen LogP contribution in [0.3, 0.4) is 0 Å². The maximum atomic E-state index is 11.9. The van der Waals surface area contributed by atoms with Crippen LogP contribution < -0.4 is 15.5 Å². The molecule has 1 fully saturated rings. The van der Waals surface area contributed by atoms with Crippen LogP contribution in [0.4, 0.5) is 11.4 Å². The van der Waals surface area contributed by atoms with Crippen molar-refractivity contribution in [3.8, 4) is 0 Å². The lowest BCUT2D eigenvalue weighted by Crippen LogP contribution is -2.50. The largest absolute Gasteiger partial charge is 0.478 e. The minimum atomic E-state index is -1.08. The molecule has 26 heavy (non-hydrogen) atoms. The molecule has 142 valence electrons. The van der Waals surface area contributed by atoms with Gasteiger partial charge in [0.15, 0.2) is 0 Å². The average Bonchev–Trinajstić information content (AvgIpc) is 2.54. The number of hydrogen-bond donors (Lipinski definition) is 3. The highest BCUT2D eigenvalue weighted by Gasteiger charge is 2.21. The highest BCUT2D eigenvalue weighted by Crippen LogP contribution is 2.24. The van der Waals surface area contributed by atoms with Crippen molar-refractivity contribution in [2.75, 3.05) is 42.9 Å². The van der Waals surface area contributed by atoms with Crippen molar-refractivity contribution in [1.82, 2.24) is 10.2 Å². The van der Waals surface area contributed by atoms with Crippen LogP contribution in [0.2, 0.25) is 0 Å². The summed E-state index contributed by atoms with van der Waals surface area (Å²) in [6, 6.07) is 5.12. The van der Waals surface area contributed by atoms with E-state index in [4.69, 9.17) is 0 Å². The van der Waals surface area contributed by atoms with Gasteiger partial charge in [0.2, 0.25) is 11.8 Å². The van der Waals surface area contributed by atoms with Crippen molar-refractivity contribution in [3.63, 3.8) is 0 Å². The van der Waals surface area contributed by atoms with E-state index in [2.05, 4.69) is 20.4 Å². The number of aromatic carboxylic acids is 1. The Kier molecular flexibility index (Phi) is 6.57. The second-order valence-electron chi connectivity index (χ2n) is 6.70. The summed E-state index contributed by atoms with van der Waals surface area (Å²) >= 11 is 0. The molecule has 0 radical (unpaired) electrons. The summed E-state index contributed by atoms with van der Waals surface area (Å²) in [4.78, 5) is 38.7. The van der Waals surface area contributed by atoms with Crippen LogP contribution in [0.1, 0.15) is 31.1 Å². The first kappa shape index (κ1) is 19.7. The smallest absolute Gasteiger partial charge is 0.337 e. The van der Waals surface area contributed by atoms with Gasteiger partial charge in [-0.25, -0.2) is 4.79 Å². The molecule has 0 atom stereocenters. The molecule has 8 heteroatoms. The lowest BCUT2D eigenvalue weighted by molar-refractivity contribution is -0.122. The predicted molar refractivity (Wildman–Crippen MR) is 99.6 cm³/mol. The van der Waals surface area contributed by atoms with E-state index in [9.17, 15) is 19.5 Å². The molecule has 8 nitrogen and oxygen atoms in total. The average molecular weight is 362 g/mol. The van der Waals surface area contributed by atoms with E-state index in [0.29, 0.717) is 19.6 Å². The highest BCUT2D eigenvalue weighted by atomic mass is 16.4. The summed E-state index contributed by atoms with van der Waals surface area (Å²) < 4.78 is 0. The zero-order valence-electron chi connectivity index (χ0n) is 15.4. The SMILES string of the molecule is CC(=O)Nc1ccc(N2CCN(CC(=O)NC(C)C)CC2)cc1C(=O)O. The van der Waals surface area contributed by atoms with Gasteiger partial charge in [0.25, 0.3) is 0 Å². The second kappa shape index (κ2) is 8.66. The van der Waals surface area contributed by atoms with Crippen LogP contribution in [-0.2, 0) is 9.59 Å². The van der Waals surface area contributed by atoms with E-state index in [0.717, 1.165) is 18.8 Å². The highest BCUT2D eigenvalue weighted by molar-refractivity contribution is 6.00. The molecule has 2 amide bonds. The summed E-state index contributed by atoms with van der Waals surface area (Å²) in [6.07, 6.45) is 0. The summed E-state index contributed by atoms with van der Waals surface area (Å²) in [5, 5.41) is 14.8. The third-order valence-electron chi connectivity index (χ3n) is 4.10. The zero-order chi connectivity index (χ0) is 19.3. The van der Waals surface area contributed by atoms with Gasteiger partial charge in [-0.2, -0.15) is 0 Å². The number of piperazine rings is 1. The molecular weight excluding hydrogens is 336 g/mol. The fourth-order valence-corrected chi connectivity index (χ4v) is 2.94. The Hall–Kier alpha value is -2.61. The molecule has 0 unspecified atom stereocenters. The molecule has 0 aliphatic carbocycles. The Labute approximate surface area is 153 Å². The topological polar surface area (TPSA) is 102 Å². The molecule has 2 rings (SSSR count). The molecule has 0 aromatic heterocycles. The fraction of sp³-hybridized carbons (Fsp3) is 0.500. The van der Waals surface area contributed by atoms with Crippen LogP contribution in [-0.4, -0.2) is 66.6 Å². The van der Waals surface area contributed by atoms with Gasteiger partial charge in [0, 0.05) is 44.8 Å². The van der Waals surface area contributed by atoms with E-state index in [1.54, 1.807) is 18.2 Å². The molecule has 0 spiro atoms. The molecule has 1 aliphatic rings. The molecule has 1 aromatic carbocycles. The molecule has 1 aliphatic heterocycles. The number of carboxylic acids is 1. The van der Waals surface area contributed by atoms with Gasteiger partial charge in [-0.1, -0.05) is 0 Å². The quantitative estimate of drug-likeness (QED) is 0.698. The van der Waals surface area contributed by atoms with Crippen molar-refractivity contribution in [2.24, 2.45) is 0 Å². The number of rotatable bonds is 6. The van der Waals surface area contributed by atoms with E-state index >= 15 is 0 Å². The molecular formula is C18H26N4O4. The van der Waals surface area contributed by atoms with Gasteiger partial charge in [-0.3, -0.25) is 14.5 Å². The van der Waals surface area contributed by atoms with Crippen LogP contribution in [0.25, 0.3) is 0 Å². The molecule has 0 bridgehead atoms. The Morgan fingerprint density at radius 2 is 1.81 bits per heavy atom. The first-order valence-corrected chi connectivity index (χ1v) is 8.68. The number of benzene rings is 1. The van der Waals surface area contributed by atoms with Crippen LogP contribution in [0, 0.1) is 0 Å². The first-order chi connectivity index (χ1) is 12.3. The van der Waals surface area contributed by atoms with Gasteiger partial charge in [-0.15, -0.1) is 0 Å². The van der Waals surface area contributed by atoms with Crippen molar-refractivity contribution >= 4 is 29.2 Å². The van der Waals surface area contributed by atoms with Gasteiger partial charge in [-0.05, 0) is 32.0 Å². The second-order valence-corrected chi connectivity index (χ2v) is 6.70. The van der Waals surface area contributed by atoms with E-state index in [1.807, 2.05) is 13.8 Å². The number of carbonyl (C=O) groups is 3. The van der Waals surface area contributed by atoms with Crippen molar-refractivity contribution in [3.05, 3.63) is 23.8 Å². The third-order valence-corrected chi connectivity index (χ3v) is 4.10. The van der Waals surface area contributed by atoms with Gasteiger partial charge < -0.3 is 20.6 Å². The van der Waals surface area contributed by atoms with Gasteiger partial charge in [0.05, 0.1) is 17.8 Å². The Bertz CT molecular complexity index is 682. The lowest BCUT2D eigenvalue weighted by atomic mass is 10.1.